The van der Waals surface area contributed by atoms with Gasteiger partial charge in [-0.1, -0.05) is 29.8 Å². The van der Waals surface area contributed by atoms with Crippen LogP contribution in [0.4, 0.5) is 10.1 Å². The van der Waals surface area contributed by atoms with E-state index in [0.29, 0.717) is 17.1 Å². The van der Waals surface area contributed by atoms with Crippen molar-refractivity contribution >= 4 is 17.3 Å². The van der Waals surface area contributed by atoms with Crippen LogP contribution >= 0.6 is 11.6 Å². The van der Waals surface area contributed by atoms with Crippen LogP contribution in [0.15, 0.2) is 42.5 Å². The Labute approximate surface area is 105 Å². The van der Waals surface area contributed by atoms with Gasteiger partial charge in [0.05, 0.1) is 0 Å². The molecule has 0 saturated carbocycles. The second kappa shape index (κ2) is 5.19. The number of benzene rings is 2. The van der Waals surface area contributed by atoms with Gasteiger partial charge in [0.1, 0.15) is 5.82 Å². The third-order valence-corrected chi connectivity index (χ3v) is 2.78. The minimum absolute atomic E-state index is 0.170. The van der Waals surface area contributed by atoms with Crippen molar-refractivity contribution in [1.29, 1.82) is 0 Å². The fourth-order valence-electron chi connectivity index (χ4n) is 1.62. The second-order valence-corrected chi connectivity index (χ2v) is 4.38. The molecule has 1 nitrogen and oxygen atoms in total. The van der Waals surface area contributed by atoms with E-state index in [9.17, 15) is 4.39 Å². The van der Waals surface area contributed by atoms with Crippen LogP contribution in [0.2, 0.25) is 5.02 Å². The van der Waals surface area contributed by atoms with Gasteiger partial charge in [0, 0.05) is 17.3 Å². The first-order chi connectivity index (χ1) is 8.15. The summed E-state index contributed by atoms with van der Waals surface area (Å²) in [6.45, 7) is 2.42. The normalized spacial score (nSPS) is 10.3. The number of aryl methyl sites for hydroxylation is 1. The summed E-state index contributed by atoms with van der Waals surface area (Å²) in [5, 5.41) is 3.94. The highest BCUT2D eigenvalue weighted by Crippen LogP contribution is 2.16. The molecule has 0 unspecified atom stereocenters. The topological polar surface area (TPSA) is 12.0 Å². The Bertz CT molecular complexity index is 525. The summed E-state index contributed by atoms with van der Waals surface area (Å²) in [5.41, 5.74) is 2.67. The summed E-state index contributed by atoms with van der Waals surface area (Å²) in [7, 11) is 0. The van der Waals surface area contributed by atoms with E-state index in [2.05, 4.69) is 5.32 Å². The fourth-order valence-corrected chi connectivity index (χ4v) is 1.81. The van der Waals surface area contributed by atoms with Crippen LogP contribution in [0.5, 0.6) is 0 Å². The van der Waals surface area contributed by atoms with Gasteiger partial charge in [0.2, 0.25) is 0 Å². The molecule has 0 bridgehead atoms. The van der Waals surface area contributed by atoms with Gasteiger partial charge >= 0.3 is 0 Å². The van der Waals surface area contributed by atoms with E-state index in [4.69, 9.17) is 11.6 Å². The number of hydrogen-bond donors (Lipinski definition) is 1. The minimum atomic E-state index is -0.170. The van der Waals surface area contributed by atoms with Crippen LogP contribution < -0.4 is 5.32 Å². The average molecular weight is 250 g/mol. The molecule has 0 aromatic heterocycles. The van der Waals surface area contributed by atoms with Gasteiger partial charge in [-0.2, -0.15) is 0 Å². The third-order valence-electron chi connectivity index (χ3n) is 2.54. The molecule has 0 radical (unpaired) electrons. The van der Waals surface area contributed by atoms with Crippen LogP contribution in [0.25, 0.3) is 0 Å². The van der Waals surface area contributed by atoms with Gasteiger partial charge in [-0.05, 0) is 42.3 Å². The lowest BCUT2D eigenvalue weighted by molar-refractivity contribution is 0.617. The van der Waals surface area contributed by atoms with Crippen LogP contribution in [-0.2, 0) is 6.54 Å². The molecule has 0 atom stereocenters. The zero-order valence-corrected chi connectivity index (χ0v) is 10.3. The quantitative estimate of drug-likeness (QED) is 0.850. The molecule has 0 fully saturated rings. The summed E-state index contributed by atoms with van der Waals surface area (Å²) in [6.07, 6.45) is 0. The second-order valence-electron chi connectivity index (χ2n) is 3.95. The van der Waals surface area contributed by atoms with Crippen LogP contribution in [-0.4, -0.2) is 0 Å². The maximum atomic E-state index is 13.1. The Morgan fingerprint density at radius 2 is 2.00 bits per heavy atom. The number of hydrogen-bond acceptors (Lipinski definition) is 1. The molecule has 2 aromatic rings. The SMILES string of the molecule is Cc1cc(CNc2cccc(Cl)c2)ccc1F. The summed E-state index contributed by atoms with van der Waals surface area (Å²) >= 11 is 5.88. The molecule has 0 aliphatic carbocycles. The van der Waals surface area contributed by atoms with E-state index in [1.54, 1.807) is 13.0 Å². The molecule has 0 aliphatic heterocycles. The van der Waals surface area contributed by atoms with Crippen LogP contribution in [0.1, 0.15) is 11.1 Å². The van der Waals surface area contributed by atoms with Gasteiger partial charge in [-0.25, -0.2) is 4.39 Å². The van der Waals surface area contributed by atoms with E-state index in [-0.39, 0.29) is 5.82 Å². The Hall–Kier alpha value is -1.54. The lowest BCUT2D eigenvalue weighted by Crippen LogP contribution is -2.00. The Balaban J connectivity index is 2.05. The zero-order chi connectivity index (χ0) is 12.3. The smallest absolute Gasteiger partial charge is 0.126 e. The summed E-state index contributed by atoms with van der Waals surface area (Å²) in [5.74, 6) is -0.170. The van der Waals surface area contributed by atoms with Crippen molar-refractivity contribution in [3.05, 3.63) is 64.4 Å². The first-order valence-corrected chi connectivity index (χ1v) is 5.77. The predicted octanol–water partition coefficient (Wildman–Crippen LogP) is 4.40. The van der Waals surface area contributed by atoms with Gasteiger partial charge in [0.15, 0.2) is 0 Å². The monoisotopic (exact) mass is 249 g/mol. The maximum absolute atomic E-state index is 13.1. The van der Waals surface area contributed by atoms with Crippen LogP contribution in [0.3, 0.4) is 0 Å². The first-order valence-electron chi connectivity index (χ1n) is 5.39. The highest BCUT2D eigenvalue weighted by Gasteiger charge is 1.99. The molecular formula is C14H13ClFN. The Morgan fingerprint density at radius 3 is 2.71 bits per heavy atom. The van der Waals surface area contributed by atoms with Crippen molar-refractivity contribution in [3.8, 4) is 0 Å². The Kier molecular flexibility index (Phi) is 3.64. The van der Waals surface area contributed by atoms with E-state index >= 15 is 0 Å². The fraction of sp³-hybridized carbons (Fsp3) is 0.143. The molecule has 0 amide bonds. The van der Waals surface area contributed by atoms with Crippen molar-refractivity contribution < 1.29 is 4.39 Å². The molecule has 2 rings (SSSR count). The van der Waals surface area contributed by atoms with E-state index in [0.717, 1.165) is 11.3 Å². The molecule has 17 heavy (non-hydrogen) atoms. The number of nitrogens with one attached hydrogen (secondary N) is 1. The average Bonchev–Trinajstić information content (AvgIpc) is 2.31. The van der Waals surface area contributed by atoms with E-state index in [1.165, 1.54) is 6.07 Å². The largest absolute Gasteiger partial charge is 0.381 e. The highest BCUT2D eigenvalue weighted by atomic mass is 35.5. The van der Waals surface area contributed by atoms with Gasteiger partial charge in [-0.3, -0.25) is 0 Å². The number of halogens is 2. The maximum Gasteiger partial charge on any atom is 0.126 e. The molecule has 0 aliphatic rings. The molecule has 0 saturated heterocycles. The number of anilines is 1. The third kappa shape index (κ3) is 3.21. The first kappa shape index (κ1) is 11.9. The van der Waals surface area contributed by atoms with Crippen molar-refractivity contribution in [3.63, 3.8) is 0 Å². The molecule has 2 aromatic carbocycles. The minimum Gasteiger partial charge on any atom is -0.381 e. The molecular weight excluding hydrogens is 237 g/mol. The lowest BCUT2D eigenvalue weighted by Gasteiger charge is -2.07. The van der Waals surface area contributed by atoms with Crippen molar-refractivity contribution in [1.82, 2.24) is 0 Å². The van der Waals surface area contributed by atoms with Crippen LogP contribution in [0, 0.1) is 12.7 Å². The Morgan fingerprint density at radius 1 is 1.18 bits per heavy atom. The summed E-state index contributed by atoms with van der Waals surface area (Å²) < 4.78 is 13.1. The van der Waals surface area contributed by atoms with Crippen molar-refractivity contribution in [2.24, 2.45) is 0 Å². The molecule has 1 N–H and O–H groups in total. The lowest BCUT2D eigenvalue weighted by atomic mass is 10.1. The highest BCUT2D eigenvalue weighted by molar-refractivity contribution is 6.30. The van der Waals surface area contributed by atoms with Crippen molar-refractivity contribution in [2.75, 3.05) is 5.32 Å². The summed E-state index contributed by atoms with van der Waals surface area (Å²) in [4.78, 5) is 0. The van der Waals surface area contributed by atoms with Gasteiger partial charge in [0.25, 0.3) is 0 Å². The zero-order valence-electron chi connectivity index (χ0n) is 9.50. The number of rotatable bonds is 3. The van der Waals surface area contributed by atoms with Gasteiger partial charge in [-0.15, -0.1) is 0 Å². The van der Waals surface area contributed by atoms with Gasteiger partial charge < -0.3 is 5.32 Å². The van der Waals surface area contributed by atoms with E-state index < -0.39 is 0 Å². The standard InChI is InChI=1S/C14H13ClFN/c1-10-7-11(5-6-14(10)16)9-17-13-4-2-3-12(15)8-13/h2-8,17H,9H2,1H3. The molecule has 0 spiro atoms. The molecule has 88 valence electrons. The van der Waals surface area contributed by atoms with E-state index in [1.807, 2.05) is 30.3 Å². The molecule has 0 heterocycles. The van der Waals surface area contributed by atoms with Crippen molar-refractivity contribution in [2.45, 2.75) is 13.5 Å². The summed E-state index contributed by atoms with van der Waals surface area (Å²) in [6, 6.07) is 12.6. The predicted molar refractivity (Wildman–Crippen MR) is 69.9 cm³/mol. The molecule has 3 heteroatoms.